The summed E-state index contributed by atoms with van der Waals surface area (Å²) in [6.45, 7) is 1.75. The lowest BCUT2D eigenvalue weighted by atomic mass is 10.1. The van der Waals surface area contributed by atoms with Gasteiger partial charge in [0, 0.05) is 0 Å². The van der Waals surface area contributed by atoms with Crippen molar-refractivity contribution in [2.45, 2.75) is 18.3 Å². The van der Waals surface area contributed by atoms with Gasteiger partial charge in [-0.3, -0.25) is 0 Å². The van der Waals surface area contributed by atoms with Crippen LogP contribution in [0.4, 0.5) is 13.2 Å². The van der Waals surface area contributed by atoms with E-state index in [4.69, 9.17) is 0 Å². The molecule has 0 N–H and O–H groups in total. The summed E-state index contributed by atoms with van der Waals surface area (Å²) in [4.78, 5) is 0. The Labute approximate surface area is 117 Å². The van der Waals surface area contributed by atoms with Crippen LogP contribution in [0, 0.1) is 6.92 Å². The molecule has 0 aliphatic carbocycles. The van der Waals surface area contributed by atoms with Gasteiger partial charge in [0.1, 0.15) is 0 Å². The van der Waals surface area contributed by atoms with E-state index in [0.717, 1.165) is 12.1 Å². The lowest BCUT2D eigenvalue weighted by Gasteiger charge is -2.05. The molecule has 0 radical (unpaired) electrons. The second-order valence-corrected chi connectivity index (χ2v) is 4.68. The van der Waals surface area contributed by atoms with E-state index >= 15 is 0 Å². The molecule has 0 unspecified atom stereocenters. The Morgan fingerprint density at radius 2 is 1.85 bits per heavy atom. The van der Waals surface area contributed by atoms with Crippen LogP contribution < -0.4 is 0 Å². The van der Waals surface area contributed by atoms with Gasteiger partial charge >= 0.3 is 6.18 Å². The summed E-state index contributed by atoms with van der Waals surface area (Å²) in [5, 5.41) is 12.6. The first kappa shape index (κ1) is 14.6. The fourth-order valence-corrected chi connectivity index (χ4v) is 1.96. The van der Waals surface area contributed by atoms with Crippen molar-refractivity contribution in [2.24, 2.45) is 5.10 Å². The van der Waals surface area contributed by atoms with Gasteiger partial charge < -0.3 is 0 Å². The van der Waals surface area contributed by atoms with E-state index in [2.05, 4.69) is 15.3 Å². The molecule has 2 aromatic rings. The Balaban J connectivity index is 2.22. The Morgan fingerprint density at radius 1 is 1.20 bits per heavy atom. The average molecular weight is 300 g/mol. The highest BCUT2D eigenvalue weighted by molar-refractivity contribution is 7.98. The molecule has 1 aromatic carbocycles. The number of hydrogen-bond acceptors (Lipinski definition) is 4. The largest absolute Gasteiger partial charge is 0.416 e. The van der Waals surface area contributed by atoms with Crippen molar-refractivity contribution in [1.29, 1.82) is 0 Å². The number of benzene rings is 1. The van der Waals surface area contributed by atoms with Gasteiger partial charge in [-0.05, 0) is 30.9 Å². The van der Waals surface area contributed by atoms with Crippen molar-refractivity contribution in [3.8, 4) is 0 Å². The standard InChI is InChI=1S/C12H11F3N4S/c1-8-17-18-11(20-2)19(8)16-7-9-3-5-10(6-4-9)12(13,14)15/h3-7H,1-2H3/b16-7-. The van der Waals surface area contributed by atoms with Crippen LogP contribution in [0.25, 0.3) is 0 Å². The normalized spacial score (nSPS) is 12.2. The molecule has 0 saturated carbocycles. The van der Waals surface area contributed by atoms with Crippen LogP contribution in [0.5, 0.6) is 0 Å². The zero-order chi connectivity index (χ0) is 14.8. The third-order valence-corrected chi connectivity index (χ3v) is 3.13. The van der Waals surface area contributed by atoms with Crippen molar-refractivity contribution >= 4 is 18.0 Å². The quantitative estimate of drug-likeness (QED) is 0.646. The molecule has 0 aliphatic heterocycles. The number of aryl methyl sites for hydroxylation is 1. The van der Waals surface area contributed by atoms with E-state index < -0.39 is 11.7 Å². The van der Waals surface area contributed by atoms with Crippen molar-refractivity contribution in [2.75, 3.05) is 6.26 Å². The van der Waals surface area contributed by atoms with Gasteiger partial charge in [-0.1, -0.05) is 23.9 Å². The number of rotatable bonds is 3. The van der Waals surface area contributed by atoms with Crippen LogP contribution >= 0.6 is 11.8 Å². The molecule has 0 bridgehead atoms. The summed E-state index contributed by atoms with van der Waals surface area (Å²) >= 11 is 1.38. The molecule has 8 heteroatoms. The number of hydrogen-bond donors (Lipinski definition) is 0. The molecule has 0 aliphatic rings. The lowest BCUT2D eigenvalue weighted by Crippen LogP contribution is -2.04. The van der Waals surface area contributed by atoms with Gasteiger partial charge in [0.2, 0.25) is 5.16 Å². The van der Waals surface area contributed by atoms with Gasteiger partial charge in [0.15, 0.2) is 5.82 Å². The van der Waals surface area contributed by atoms with Gasteiger partial charge in [-0.2, -0.15) is 22.9 Å². The lowest BCUT2D eigenvalue weighted by molar-refractivity contribution is -0.137. The fraction of sp³-hybridized carbons (Fsp3) is 0.250. The van der Waals surface area contributed by atoms with Crippen molar-refractivity contribution < 1.29 is 13.2 Å². The molecule has 20 heavy (non-hydrogen) atoms. The van der Waals surface area contributed by atoms with Crippen LogP contribution in [-0.2, 0) is 6.18 Å². The first-order chi connectivity index (χ1) is 9.41. The molecule has 0 saturated heterocycles. The van der Waals surface area contributed by atoms with E-state index in [0.29, 0.717) is 16.5 Å². The number of halogens is 3. The monoisotopic (exact) mass is 300 g/mol. The van der Waals surface area contributed by atoms with E-state index in [1.165, 1.54) is 34.8 Å². The number of aromatic nitrogens is 3. The van der Waals surface area contributed by atoms with Crippen LogP contribution in [0.1, 0.15) is 17.0 Å². The molecular weight excluding hydrogens is 289 g/mol. The Bertz CT molecular complexity index is 617. The first-order valence-corrected chi connectivity index (χ1v) is 6.82. The molecule has 2 rings (SSSR count). The SMILES string of the molecule is CSc1nnc(C)n1/N=C\c1ccc(C(F)(F)F)cc1. The Kier molecular flexibility index (Phi) is 4.12. The van der Waals surface area contributed by atoms with Crippen LogP contribution in [0.15, 0.2) is 34.5 Å². The van der Waals surface area contributed by atoms with E-state index in [9.17, 15) is 13.2 Å². The molecule has 4 nitrogen and oxygen atoms in total. The zero-order valence-electron chi connectivity index (χ0n) is 10.7. The van der Waals surface area contributed by atoms with Gasteiger partial charge in [0.25, 0.3) is 0 Å². The second-order valence-electron chi connectivity index (χ2n) is 3.91. The summed E-state index contributed by atoms with van der Waals surface area (Å²) in [5.74, 6) is 0.609. The van der Waals surface area contributed by atoms with Gasteiger partial charge in [-0.25, -0.2) is 0 Å². The maximum absolute atomic E-state index is 12.4. The van der Waals surface area contributed by atoms with Crippen molar-refractivity contribution in [1.82, 2.24) is 14.9 Å². The summed E-state index contributed by atoms with van der Waals surface area (Å²) in [6.07, 6.45) is -1.02. The minimum atomic E-state index is -4.33. The molecular formula is C12H11F3N4S. The smallest absolute Gasteiger partial charge is 0.192 e. The summed E-state index contributed by atoms with van der Waals surface area (Å²) in [6, 6.07) is 4.78. The van der Waals surface area contributed by atoms with Gasteiger partial charge in [-0.15, -0.1) is 10.2 Å². The Morgan fingerprint density at radius 3 is 2.40 bits per heavy atom. The van der Waals surface area contributed by atoms with Crippen LogP contribution in [0.2, 0.25) is 0 Å². The third kappa shape index (κ3) is 3.19. The van der Waals surface area contributed by atoms with Crippen molar-refractivity contribution in [3.05, 3.63) is 41.2 Å². The van der Waals surface area contributed by atoms with E-state index in [-0.39, 0.29) is 0 Å². The topological polar surface area (TPSA) is 43.1 Å². The fourth-order valence-electron chi connectivity index (χ4n) is 1.48. The van der Waals surface area contributed by atoms with E-state index in [1.807, 2.05) is 6.26 Å². The predicted molar refractivity (Wildman–Crippen MR) is 71.0 cm³/mol. The van der Waals surface area contributed by atoms with E-state index in [1.54, 1.807) is 6.92 Å². The second kappa shape index (κ2) is 5.66. The maximum Gasteiger partial charge on any atom is 0.416 e. The summed E-state index contributed by atoms with van der Waals surface area (Å²) < 4.78 is 38.8. The molecule has 0 atom stereocenters. The first-order valence-electron chi connectivity index (χ1n) is 5.59. The minimum Gasteiger partial charge on any atom is -0.192 e. The highest BCUT2D eigenvalue weighted by Gasteiger charge is 2.29. The zero-order valence-corrected chi connectivity index (χ0v) is 11.5. The number of nitrogens with zero attached hydrogens (tertiary/aromatic N) is 4. The highest BCUT2D eigenvalue weighted by Crippen LogP contribution is 2.28. The van der Waals surface area contributed by atoms with Crippen LogP contribution in [-0.4, -0.2) is 27.3 Å². The maximum atomic E-state index is 12.4. The summed E-state index contributed by atoms with van der Waals surface area (Å²) in [5.41, 5.74) is -0.113. The predicted octanol–water partition coefficient (Wildman–Crippen LogP) is 3.21. The highest BCUT2D eigenvalue weighted by atomic mass is 32.2. The third-order valence-electron chi connectivity index (χ3n) is 2.51. The van der Waals surface area contributed by atoms with Crippen molar-refractivity contribution in [3.63, 3.8) is 0 Å². The van der Waals surface area contributed by atoms with Gasteiger partial charge in [0.05, 0.1) is 11.8 Å². The minimum absolute atomic E-state index is 0.568. The summed E-state index contributed by atoms with van der Waals surface area (Å²) in [7, 11) is 0. The average Bonchev–Trinajstić information content (AvgIpc) is 2.76. The molecule has 0 amide bonds. The Hall–Kier alpha value is -1.83. The number of alkyl halides is 3. The molecule has 1 heterocycles. The number of thioether (sulfide) groups is 1. The molecule has 0 fully saturated rings. The van der Waals surface area contributed by atoms with Crippen LogP contribution in [0.3, 0.4) is 0 Å². The molecule has 1 aromatic heterocycles. The molecule has 0 spiro atoms. The molecule has 106 valence electrons.